The number of aliphatic hydroxyl groups is 2. The van der Waals surface area contributed by atoms with E-state index in [4.69, 9.17) is 28.9 Å². The molecule has 1 aromatic rings. The van der Waals surface area contributed by atoms with Crippen LogP contribution in [-0.2, 0) is 0 Å². The van der Waals surface area contributed by atoms with E-state index in [2.05, 4.69) is 4.98 Å². The summed E-state index contributed by atoms with van der Waals surface area (Å²) in [7, 11) is 0. The molecule has 4 nitrogen and oxygen atoms in total. The van der Waals surface area contributed by atoms with Crippen molar-refractivity contribution in [2.24, 2.45) is 0 Å². The predicted octanol–water partition coefficient (Wildman–Crippen LogP) is 0.950. The number of aromatic nitrogens is 1. The lowest BCUT2D eigenvalue weighted by Gasteiger charge is -2.16. The Hall–Kier alpha value is -0.550. The molecular weight excluding hydrogens is 227 g/mol. The highest BCUT2D eigenvalue weighted by atomic mass is 35.5. The Morgan fingerprint density at radius 2 is 2.14 bits per heavy atom. The van der Waals surface area contributed by atoms with Crippen molar-refractivity contribution >= 4 is 28.9 Å². The Morgan fingerprint density at radius 3 is 2.71 bits per heavy atom. The van der Waals surface area contributed by atoms with E-state index < -0.39 is 12.2 Å². The first-order valence-corrected chi connectivity index (χ1v) is 4.80. The molecule has 2 unspecified atom stereocenters. The van der Waals surface area contributed by atoms with Crippen molar-refractivity contribution < 1.29 is 10.2 Å². The number of hydrogen-bond acceptors (Lipinski definition) is 4. The molecule has 6 heteroatoms. The van der Waals surface area contributed by atoms with Crippen LogP contribution in [0.4, 0.5) is 5.69 Å². The van der Waals surface area contributed by atoms with E-state index in [1.54, 1.807) is 0 Å². The maximum absolute atomic E-state index is 9.58. The Balaban J connectivity index is 2.99. The van der Waals surface area contributed by atoms with Gasteiger partial charge in [0.15, 0.2) is 0 Å². The van der Waals surface area contributed by atoms with E-state index in [1.807, 2.05) is 0 Å². The zero-order valence-corrected chi connectivity index (χ0v) is 8.70. The minimum Gasteiger partial charge on any atom is -0.397 e. The molecule has 0 aromatic carbocycles. The van der Waals surface area contributed by atoms with Crippen LogP contribution in [-0.4, -0.2) is 27.2 Å². The smallest absolute Gasteiger partial charge is 0.135 e. The number of hydrogen-bond donors (Lipinski definition) is 3. The molecule has 0 aliphatic heterocycles. The summed E-state index contributed by atoms with van der Waals surface area (Å²) >= 11 is 11.1. The highest BCUT2D eigenvalue weighted by Gasteiger charge is 2.20. The van der Waals surface area contributed by atoms with Crippen molar-refractivity contribution in [3.05, 3.63) is 23.0 Å². The van der Waals surface area contributed by atoms with E-state index in [0.717, 1.165) is 0 Å². The average molecular weight is 237 g/mol. The largest absolute Gasteiger partial charge is 0.397 e. The minimum absolute atomic E-state index is 0.0910. The quantitative estimate of drug-likeness (QED) is 0.540. The maximum Gasteiger partial charge on any atom is 0.135 e. The van der Waals surface area contributed by atoms with Crippen LogP contribution in [0.25, 0.3) is 0 Å². The highest BCUT2D eigenvalue weighted by Crippen LogP contribution is 2.25. The second-order valence-electron chi connectivity index (χ2n) is 2.82. The van der Waals surface area contributed by atoms with Gasteiger partial charge in [-0.3, -0.25) is 0 Å². The van der Waals surface area contributed by atoms with Gasteiger partial charge in [0.2, 0.25) is 0 Å². The molecule has 1 rings (SSSR count). The maximum atomic E-state index is 9.58. The van der Waals surface area contributed by atoms with Gasteiger partial charge in [-0.15, -0.1) is 11.6 Å². The number of alkyl halides is 1. The molecule has 0 aliphatic rings. The number of rotatable bonds is 3. The van der Waals surface area contributed by atoms with Crippen molar-refractivity contribution in [1.29, 1.82) is 0 Å². The first kappa shape index (κ1) is 11.5. The van der Waals surface area contributed by atoms with Crippen molar-refractivity contribution in [3.8, 4) is 0 Å². The van der Waals surface area contributed by atoms with Crippen LogP contribution in [0.5, 0.6) is 0 Å². The van der Waals surface area contributed by atoms with Crippen LogP contribution in [0.1, 0.15) is 11.7 Å². The van der Waals surface area contributed by atoms with Gasteiger partial charge in [-0.05, 0) is 6.07 Å². The van der Waals surface area contributed by atoms with Gasteiger partial charge >= 0.3 is 0 Å². The molecule has 0 amide bonds. The van der Waals surface area contributed by atoms with Gasteiger partial charge in [0.1, 0.15) is 11.3 Å². The van der Waals surface area contributed by atoms with Crippen molar-refractivity contribution in [2.45, 2.75) is 12.2 Å². The molecule has 0 radical (unpaired) electrons. The first-order valence-electron chi connectivity index (χ1n) is 3.89. The van der Waals surface area contributed by atoms with Crippen molar-refractivity contribution in [2.75, 3.05) is 11.6 Å². The third-order valence-electron chi connectivity index (χ3n) is 1.73. The third kappa shape index (κ3) is 2.48. The van der Waals surface area contributed by atoms with Gasteiger partial charge in [-0.25, -0.2) is 4.98 Å². The van der Waals surface area contributed by atoms with Gasteiger partial charge in [-0.1, -0.05) is 11.6 Å². The van der Waals surface area contributed by atoms with E-state index in [0.29, 0.717) is 5.69 Å². The summed E-state index contributed by atoms with van der Waals surface area (Å²) in [6.45, 7) is 0. The van der Waals surface area contributed by atoms with Gasteiger partial charge in [0.25, 0.3) is 0 Å². The zero-order valence-electron chi connectivity index (χ0n) is 7.19. The van der Waals surface area contributed by atoms with Crippen LogP contribution < -0.4 is 5.73 Å². The number of nitrogen functional groups attached to an aromatic ring is 1. The number of pyridine rings is 1. The molecule has 0 saturated heterocycles. The third-order valence-corrected chi connectivity index (χ3v) is 2.36. The van der Waals surface area contributed by atoms with E-state index in [-0.39, 0.29) is 16.6 Å². The van der Waals surface area contributed by atoms with Crippen molar-refractivity contribution in [1.82, 2.24) is 4.98 Å². The summed E-state index contributed by atoms with van der Waals surface area (Å²) in [5.41, 5.74) is 6.10. The van der Waals surface area contributed by atoms with Crippen LogP contribution in [0, 0.1) is 0 Å². The molecule has 14 heavy (non-hydrogen) atoms. The standard InChI is InChI=1S/C8H10Cl2N2O2/c9-2-6(13)7(14)5-1-4(11)3-12-8(5)10/h1,3,6-7,13-14H,2,11H2. The lowest BCUT2D eigenvalue weighted by molar-refractivity contribution is 0.0326. The minimum atomic E-state index is -1.17. The van der Waals surface area contributed by atoms with Crippen LogP contribution >= 0.6 is 23.2 Å². The second kappa shape index (κ2) is 4.79. The number of halogens is 2. The van der Waals surface area contributed by atoms with E-state index >= 15 is 0 Å². The number of nitrogens with two attached hydrogens (primary N) is 1. The Labute approximate surface area is 91.3 Å². The molecule has 0 bridgehead atoms. The molecule has 1 heterocycles. The van der Waals surface area contributed by atoms with Gasteiger partial charge in [-0.2, -0.15) is 0 Å². The number of aliphatic hydroxyl groups excluding tert-OH is 2. The zero-order chi connectivity index (χ0) is 10.7. The van der Waals surface area contributed by atoms with Crippen LogP contribution in [0.3, 0.4) is 0 Å². The monoisotopic (exact) mass is 236 g/mol. The lowest BCUT2D eigenvalue weighted by Crippen LogP contribution is -2.20. The molecule has 2 atom stereocenters. The summed E-state index contributed by atoms with van der Waals surface area (Å²) in [5, 5.41) is 19.0. The molecule has 78 valence electrons. The fourth-order valence-electron chi connectivity index (χ4n) is 0.981. The molecule has 0 fully saturated rings. The van der Waals surface area contributed by atoms with Gasteiger partial charge in [0.05, 0.1) is 23.9 Å². The Morgan fingerprint density at radius 1 is 1.50 bits per heavy atom. The molecule has 0 aliphatic carbocycles. The van der Waals surface area contributed by atoms with Gasteiger partial charge in [0, 0.05) is 5.56 Å². The molecule has 0 spiro atoms. The highest BCUT2D eigenvalue weighted by molar-refractivity contribution is 6.30. The second-order valence-corrected chi connectivity index (χ2v) is 3.48. The van der Waals surface area contributed by atoms with E-state index in [9.17, 15) is 10.2 Å². The van der Waals surface area contributed by atoms with Gasteiger partial charge < -0.3 is 15.9 Å². The first-order chi connectivity index (χ1) is 6.56. The molecule has 4 N–H and O–H groups in total. The van der Waals surface area contributed by atoms with Crippen molar-refractivity contribution in [3.63, 3.8) is 0 Å². The van der Waals surface area contributed by atoms with E-state index in [1.165, 1.54) is 12.3 Å². The average Bonchev–Trinajstić information content (AvgIpc) is 2.19. The summed E-state index contributed by atoms with van der Waals surface area (Å²) in [6.07, 6.45) is -0.889. The van der Waals surface area contributed by atoms with Crippen LogP contribution in [0.15, 0.2) is 12.3 Å². The number of anilines is 1. The Kier molecular flexibility index (Phi) is 3.95. The molecule has 1 aromatic heterocycles. The topological polar surface area (TPSA) is 79.4 Å². The Bertz CT molecular complexity index is 322. The lowest BCUT2D eigenvalue weighted by atomic mass is 10.1. The summed E-state index contributed by atoms with van der Waals surface area (Å²) in [5.74, 6) is -0.0910. The fourth-order valence-corrected chi connectivity index (χ4v) is 1.37. The predicted molar refractivity (Wildman–Crippen MR) is 55.3 cm³/mol. The molecular formula is C8H10Cl2N2O2. The SMILES string of the molecule is Nc1cnc(Cl)c(C(O)C(O)CCl)c1. The number of nitrogens with zero attached hydrogens (tertiary/aromatic N) is 1. The summed E-state index contributed by atoms with van der Waals surface area (Å²) in [4.78, 5) is 3.74. The summed E-state index contributed by atoms with van der Waals surface area (Å²) < 4.78 is 0. The fraction of sp³-hybridized carbons (Fsp3) is 0.375. The molecule has 0 saturated carbocycles. The summed E-state index contributed by atoms with van der Waals surface area (Å²) in [6, 6.07) is 1.45. The normalized spacial score (nSPS) is 15.1. The van der Waals surface area contributed by atoms with Crippen LogP contribution in [0.2, 0.25) is 5.15 Å².